The molecule has 0 radical (unpaired) electrons. The molecule has 0 N–H and O–H groups in total. The van der Waals surface area contributed by atoms with E-state index in [0.29, 0.717) is 17.7 Å². The van der Waals surface area contributed by atoms with Crippen molar-refractivity contribution < 1.29 is 18.7 Å². The molecule has 1 saturated carbocycles. The van der Waals surface area contributed by atoms with Gasteiger partial charge in [-0.15, -0.1) is 0 Å². The molecule has 1 aromatic carbocycles. The van der Waals surface area contributed by atoms with E-state index >= 15 is 0 Å². The Bertz CT molecular complexity index is 478. The third kappa shape index (κ3) is 1.63. The number of hydrogen-bond acceptors (Lipinski definition) is 3. The molecular formula is C13H13FO3. The predicted octanol–water partition coefficient (Wildman–Crippen LogP) is 2.34. The van der Waals surface area contributed by atoms with Gasteiger partial charge in [0.2, 0.25) is 0 Å². The molecule has 1 fully saturated rings. The fraction of sp³-hybridized carbons (Fsp3) is 0.462. The normalized spacial score (nSPS) is 30.7. The van der Waals surface area contributed by atoms with E-state index < -0.39 is 11.4 Å². The largest absolute Gasteiger partial charge is 0.486 e. The number of fused-ring (bicyclic) bond motifs is 1. The van der Waals surface area contributed by atoms with Crippen LogP contribution in [0, 0.1) is 5.82 Å². The standard InChI is InChI=1S/C13H13FO3/c1-16-9-5-13(6-9)7-11(15)10-4-8(14)2-3-12(10)17-13/h2-4,9H,5-7H2,1H3. The summed E-state index contributed by atoms with van der Waals surface area (Å²) in [4.78, 5) is 12.0. The van der Waals surface area contributed by atoms with Gasteiger partial charge in [0.15, 0.2) is 5.78 Å². The van der Waals surface area contributed by atoms with Gasteiger partial charge in [-0.3, -0.25) is 4.79 Å². The molecule has 1 spiro atoms. The minimum atomic E-state index is -0.414. The Morgan fingerprint density at radius 1 is 1.47 bits per heavy atom. The van der Waals surface area contributed by atoms with Crippen LogP contribution in [-0.2, 0) is 4.74 Å². The SMILES string of the molecule is COC1CC2(CC(=O)c3cc(F)ccc3O2)C1. The summed E-state index contributed by atoms with van der Waals surface area (Å²) in [7, 11) is 1.66. The van der Waals surface area contributed by atoms with Crippen molar-refractivity contribution in [3.05, 3.63) is 29.6 Å². The van der Waals surface area contributed by atoms with Crippen LogP contribution in [0.15, 0.2) is 18.2 Å². The molecule has 3 nitrogen and oxygen atoms in total. The first kappa shape index (κ1) is 10.7. The van der Waals surface area contributed by atoms with Gasteiger partial charge < -0.3 is 9.47 Å². The molecule has 3 rings (SSSR count). The minimum Gasteiger partial charge on any atom is -0.486 e. The fourth-order valence-corrected chi connectivity index (χ4v) is 2.63. The highest BCUT2D eigenvalue weighted by Gasteiger charge is 2.51. The summed E-state index contributed by atoms with van der Waals surface area (Å²) in [6.45, 7) is 0. The van der Waals surface area contributed by atoms with Gasteiger partial charge in [-0.1, -0.05) is 0 Å². The molecule has 0 amide bonds. The molecule has 1 aliphatic heterocycles. The van der Waals surface area contributed by atoms with Crippen LogP contribution in [0.2, 0.25) is 0 Å². The number of ketones is 1. The highest BCUT2D eigenvalue weighted by molar-refractivity contribution is 6.00. The molecular weight excluding hydrogens is 223 g/mol. The number of hydrogen-bond donors (Lipinski definition) is 0. The first-order valence-corrected chi connectivity index (χ1v) is 5.66. The first-order valence-electron chi connectivity index (χ1n) is 5.66. The minimum absolute atomic E-state index is 0.0414. The van der Waals surface area contributed by atoms with Crippen LogP contribution < -0.4 is 4.74 Å². The van der Waals surface area contributed by atoms with Crippen molar-refractivity contribution in [1.82, 2.24) is 0 Å². The first-order chi connectivity index (χ1) is 8.12. The molecule has 0 aromatic heterocycles. The second-order valence-corrected chi connectivity index (χ2v) is 4.79. The Labute approximate surface area is 98.5 Å². The van der Waals surface area contributed by atoms with E-state index in [2.05, 4.69) is 0 Å². The van der Waals surface area contributed by atoms with Crippen LogP contribution in [0.1, 0.15) is 29.6 Å². The lowest BCUT2D eigenvalue weighted by Crippen LogP contribution is -2.55. The highest BCUT2D eigenvalue weighted by Crippen LogP contribution is 2.45. The maximum atomic E-state index is 13.0. The van der Waals surface area contributed by atoms with Crippen molar-refractivity contribution in [3.63, 3.8) is 0 Å². The lowest BCUT2D eigenvalue weighted by Gasteiger charge is -2.48. The van der Waals surface area contributed by atoms with E-state index in [4.69, 9.17) is 9.47 Å². The summed E-state index contributed by atoms with van der Waals surface area (Å²) < 4.78 is 24.1. The van der Waals surface area contributed by atoms with E-state index in [0.717, 1.165) is 12.8 Å². The Balaban J connectivity index is 1.89. The maximum absolute atomic E-state index is 13.0. The number of halogens is 1. The van der Waals surface area contributed by atoms with Crippen LogP contribution in [0.5, 0.6) is 5.75 Å². The van der Waals surface area contributed by atoms with Crippen molar-refractivity contribution in [2.75, 3.05) is 7.11 Å². The molecule has 1 aliphatic carbocycles. The van der Waals surface area contributed by atoms with Gasteiger partial charge in [-0.2, -0.15) is 0 Å². The summed E-state index contributed by atoms with van der Waals surface area (Å²) >= 11 is 0. The number of rotatable bonds is 1. The third-order valence-corrected chi connectivity index (χ3v) is 3.58. The number of benzene rings is 1. The number of carbonyl (C=O) groups is 1. The average molecular weight is 236 g/mol. The Morgan fingerprint density at radius 2 is 2.24 bits per heavy atom. The zero-order valence-electron chi connectivity index (χ0n) is 9.53. The monoisotopic (exact) mass is 236 g/mol. The zero-order chi connectivity index (χ0) is 12.0. The summed E-state index contributed by atoms with van der Waals surface area (Å²) in [5.74, 6) is 0.0533. The molecule has 0 atom stereocenters. The molecule has 0 saturated heterocycles. The van der Waals surface area contributed by atoms with E-state index in [-0.39, 0.29) is 11.9 Å². The molecule has 2 aliphatic rings. The van der Waals surface area contributed by atoms with Gasteiger partial charge in [0.25, 0.3) is 0 Å². The smallest absolute Gasteiger partial charge is 0.170 e. The van der Waals surface area contributed by atoms with Gasteiger partial charge in [-0.05, 0) is 18.2 Å². The van der Waals surface area contributed by atoms with Crippen LogP contribution in [0.4, 0.5) is 4.39 Å². The average Bonchev–Trinajstić information content (AvgIpc) is 2.26. The van der Waals surface area contributed by atoms with Crippen molar-refractivity contribution in [2.24, 2.45) is 0 Å². The molecule has 4 heteroatoms. The number of carbonyl (C=O) groups excluding carboxylic acids is 1. The summed E-state index contributed by atoms with van der Waals surface area (Å²) in [6.07, 6.45) is 1.95. The van der Waals surface area contributed by atoms with Crippen molar-refractivity contribution in [3.8, 4) is 5.75 Å². The van der Waals surface area contributed by atoms with Crippen molar-refractivity contribution >= 4 is 5.78 Å². The van der Waals surface area contributed by atoms with Gasteiger partial charge in [0.1, 0.15) is 17.2 Å². The van der Waals surface area contributed by atoms with Crippen LogP contribution in [0.3, 0.4) is 0 Å². The van der Waals surface area contributed by atoms with Crippen LogP contribution >= 0.6 is 0 Å². The lowest BCUT2D eigenvalue weighted by molar-refractivity contribution is -0.112. The van der Waals surface area contributed by atoms with E-state index in [1.807, 2.05) is 0 Å². The molecule has 0 unspecified atom stereocenters. The lowest BCUT2D eigenvalue weighted by atomic mass is 9.72. The summed E-state index contributed by atoms with van der Waals surface area (Å²) in [6, 6.07) is 4.10. The van der Waals surface area contributed by atoms with Crippen LogP contribution in [-0.4, -0.2) is 24.6 Å². The predicted molar refractivity (Wildman–Crippen MR) is 58.7 cm³/mol. The number of ether oxygens (including phenoxy) is 2. The third-order valence-electron chi connectivity index (χ3n) is 3.58. The molecule has 17 heavy (non-hydrogen) atoms. The van der Waals surface area contributed by atoms with Gasteiger partial charge >= 0.3 is 0 Å². The van der Waals surface area contributed by atoms with Gasteiger partial charge in [0.05, 0.1) is 18.1 Å². The molecule has 0 bridgehead atoms. The fourth-order valence-electron chi connectivity index (χ4n) is 2.63. The van der Waals surface area contributed by atoms with Crippen LogP contribution in [0.25, 0.3) is 0 Å². The highest BCUT2D eigenvalue weighted by atomic mass is 19.1. The zero-order valence-corrected chi connectivity index (χ0v) is 9.53. The van der Waals surface area contributed by atoms with E-state index in [9.17, 15) is 9.18 Å². The Morgan fingerprint density at radius 3 is 2.94 bits per heavy atom. The Kier molecular flexibility index (Phi) is 2.23. The van der Waals surface area contributed by atoms with Gasteiger partial charge in [-0.25, -0.2) is 4.39 Å². The quantitative estimate of drug-likeness (QED) is 0.750. The van der Waals surface area contributed by atoms with Crippen molar-refractivity contribution in [2.45, 2.75) is 31.0 Å². The maximum Gasteiger partial charge on any atom is 0.170 e. The number of Topliss-reactive ketones (excluding diaryl/α,β-unsaturated/α-hetero) is 1. The second-order valence-electron chi connectivity index (χ2n) is 4.79. The summed E-state index contributed by atoms with van der Waals surface area (Å²) in [5, 5.41) is 0. The Hall–Kier alpha value is -1.42. The molecule has 1 heterocycles. The van der Waals surface area contributed by atoms with Crippen molar-refractivity contribution in [1.29, 1.82) is 0 Å². The van der Waals surface area contributed by atoms with E-state index in [1.165, 1.54) is 18.2 Å². The molecule has 1 aromatic rings. The topological polar surface area (TPSA) is 35.5 Å². The second kappa shape index (κ2) is 3.53. The number of methoxy groups -OCH3 is 1. The summed E-state index contributed by atoms with van der Waals surface area (Å²) in [5.41, 5.74) is -0.0562. The van der Waals surface area contributed by atoms with Gasteiger partial charge in [0, 0.05) is 20.0 Å². The van der Waals surface area contributed by atoms with E-state index in [1.54, 1.807) is 7.11 Å². The molecule has 90 valence electrons.